The fourth-order valence-corrected chi connectivity index (χ4v) is 2.55. The van der Waals surface area contributed by atoms with Crippen molar-refractivity contribution in [3.63, 3.8) is 0 Å². The van der Waals surface area contributed by atoms with Gasteiger partial charge in [0.2, 0.25) is 0 Å². The Kier molecular flexibility index (Phi) is 2.63. The molecule has 0 aromatic rings. The molecule has 1 N–H and O–H groups in total. The number of rotatable bonds is 1. The van der Waals surface area contributed by atoms with E-state index in [2.05, 4.69) is 40.1 Å². The monoisotopic (exact) mass is 223 g/mol. The molecule has 2 rings (SSSR count). The Morgan fingerprint density at radius 3 is 2.31 bits per heavy atom. The maximum absolute atomic E-state index is 6.21. The summed E-state index contributed by atoms with van der Waals surface area (Å²) in [7, 11) is 0. The zero-order valence-corrected chi connectivity index (χ0v) is 11.2. The summed E-state index contributed by atoms with van der Waals surface area (Å²) in [5.41, 5.74) is 4.40. The van der Waals surface area contributed by atoms with Crippen LogP contribution in [-0.2, 0) is 9.49 Å². The third-order valence-corrected chi connectivity index (χ3v) is 4.37. The summed E-state index contributed by atoms with van der Waals surface area (Å²) in [6.45, 7) is 13.2. The van der Waals surface area contributed by atoms with E-state index in [-0.39, 0.29) is 24.0 Å². The Balaban J connectivity index is 2.24. The van der Waals surface area contributed by atoms with E-state index in [4.69, 9.17) is 9.49 Å². The molecule has 16 heavy (non-hydrogen) atoms. The van der Waals surface area contributed by atoms with Crippen molar-refractivity contribution in [2.45, 2.75) is 59.5 Å². The largest absolute Gasteiger partial charge is 0.426 e. The van der Waals surface area contributed by atoms with Crippen LogP contribution < -0.4 is 5.48 Å². The third-order valence-electron chi connectivity index (χ3n) is 4.37. The van der Waals surface area contributed by atoms with Gasteiger partial charge in [-0.1, -0.05) is 13.8 Å². The van der Waals surface area contributed by atoms with Crippen LogP contribution in [0.4, 0.5) is 0 Å². The lowest BCUT2D eigenvalue weighted by atomic mass is 9.52. The fourth-order valence-electron chi connectivity index (χ4n) is 2.55. The van der Waals surface area contributed by atoms with E-state index in [1.54, 1.807) is 0 Å². The Hall–Kier alpha value is -0.475. The summed E-state index contributed by atoms with van der Waals surface area (Å²) in [5, 5.41) is 0. The highest BCUT2D eigenvalue weighted by Gasteiger charge is 2.52. The van der Waals surface area contributed by atoms with Crippen molar-refractivity contribution in [1.82, 2.24) is 5.48 Å². The SMILES string of the molecule is CC1=C(B2CC(C)(C)C(C)(C)O2)C(C)NO1. The van der Waals surface area contributed by atoms with Gasteiger partial charge in [-0.3, -0.25) is 0 Å². The van der Waals surface area contributed by atoms with Gasteiger partial charge in [0.1, 0.15) is 5.76 Å². The minimum Gasteiger partial charge on any atom is -0.426 e. The van der Waals surface area contributed by atoms with Crippen LogP contribution in [0, 0.1) is 5.41 Å². The van der Waals surface area contributed by atoms with E-state index in [0.717, 1.165) is 12.1 Å². The van der Waals surface area contributed by atoms with Gasteiger partial charge in [-0.05, 0) is 44.9 Å². The summed E-state index contributed by atoms with van der Waals surface area (Å²) >= 11 is 0. The summed E-state index contributed by atoms with van der Waals surface area (Å²) in [6.07, 6.45) is 1.06. The van der Waals surface area contributed by atoms with Crippen LogP contribution in [0.2, 0.25) is 6.32 Å². The van der Waals surface area contributed by atoms with Crippen molar-refractivity contribution in [1.29, 1.82) is 0 Å². The first-order valence-corrected chi connectivity index (χ1v) is 6.05. The minimum absolute atomic E-state index is 0.0761. The molecule has 0 amide bonds. The maximum Gasteiger partial charge on any atom is 0.329 e. The molecule has 0 radical (unpaired) electrons. The number of hydroxylamine groups is 1. The molecule has 90 valence electrons. The lowest BCUT2D eigenvalue weighted by molar-refractivity contribution is 0.0369. The van der Waals surface area contributed by atoms with E-state index in [1.807, 2.05) is 6.92 Å². The van der Waals surface area contributed by atoms with E-state index in [9.17, 15) is 0 Å². The predicted octanol–water partition coefficient (Wildman–Crippen LogP) is 2.55. The van der Waals surface area contributed by atoms with Crippen LogP contribution in [-0.4, -0.2) is 18.6 Å². The van der Waals surface area contributed by atoms with E-state index >= 15 is 0 Å². The van der Waals surface area contributed by atoms with Crippen LogP contribution in [0.3, 0.4) is 0 Å². The molecular formula is C12H22BNO2. The van der Waals surface area contributed by atoms with Crippen LogP contribution in [0.5, 0.6) is 0 Å². The van der Waals surface area contributed by atoms with Gasteiger partial charge in [-0.25, -0.2) is 0 Å². The molecule has 1 saturated heterocycles. The molecule has 0 saturated carbocycles. The molecule has 2 aliphatic rings. The number of hydrogen-bond donors (Lipinski definition) is 1. The van der Waals surface area contributed by atoms with Crippen molar-refractivity contribution in [3.05, 3.63) is 11.2 Å². The molecule has 1 atom stereocenters. The van der Waals surface area contributed by atoms with Crippen molar-refractivity contribution in [3.8, 4) is 0 Å². The second-order valence-electron chi connectivity index (χ2n) is 6.16. The molecule has 0 spiro atoms. The first-order valence-electron chi connectivity index (χ1n) is 6.05. The average Bonchev–Trinajstić information content (AvgIpc) is 2.52. The van der Waals surface area contributed by atoms with Crippen LogP contribution in [0.25, 0.3) is 0 Å². The highest BCUT2D eigenvalue weighted by atomic mass is 16.7. The van der Waals surface area contributed by atoms with Gasteiger partial charge in [0.05, 0.1) is 11.6 Å². The van der Waals surface area contributed by atoms with Gasteiger partial charge in [0.15, 0.2) is 0 Å². The number of nitrogens with one attached hydrogen (secondary N) is 1. The van der Waals surface area contributed by atoms with Gasteiger partial charge >= 0.3 is 6.92 Å². The van der Waals surface area contributed by atoms with Gasteiger partial charge < -0.3 is 9.49 Å². The Bertz CT molecular complexity index is 320. The molecule has 1 unspecified atom stereocenters. The minimum atomic E-state index is -0.0761. The Morgan fingerprint density at radius 2 is 1.94 bits per heavy atom. The molecule has 4 heteroatoms. The van der Waals surface area contributed by atoms with Gasteiger partial charge in [0, 0.05) is 0 Å². The van der Waals surface area contributed by atoms with Crippen LogP contribution in [0.1, 0.15) is 41.5 Å². The number of hydrogen-bond acceptors (Lipinski definition) is 3. The molecule has 3 nitrogen and oxygen atoms in total. The van der Waals surface area contributed by atoms with Crippen molar-refractivity contribution < 1.29 is 9.49 Å². The predicted molar refractivity (Wildman–Crippen MR) is 65.9 cm³/mol. The maximum atomic E-state index is 6.21. The molecule has 0 aliphatic carbocycles. The molecule has 0 aromatic carbocycles. The van der Waals surface area contributed by atoms with E-state index in [1.165, 1.54) is 5.47 Å². The van der Waals surface area contributed by atoms with Gasteiger partial charge in [-0.15, -0.1) is 0 Å². The normalized spacial score (nSPS) is 32.1. The molecule has 2 aliphatic heterocycles. The van der Waals surface area contributed by atoms with Crippen LogP contribution in [0.15, 0.2) is 11.2 Å². The Labute approximate surface area is 98.6 Å². The third kappa shape index (κ3) is 1.68. The van der Waals surface area contributed by atoms with Crippen molar-refractivity contribution >= 4 is 6.92 Å². The molecule has 0 aromatic heterocycles. The lowest BCUT2D eigenvalue weighted by Crippen LogP contribution is -2.35. The summed E-state index contributed by atoms with van der Waals surface area (Å²) in [6, 6.07) is 0.259. The van der Waals surface area contributed by atoms with Crippen molar-refractivity contribution in [2.24, 2.45) is 5.41 Å². The molecular weight excluding hydrogens is 201 g/mol. The topological polar surface area (TPSA) is 30.5 Å². The summed E-state index contributed by atoms with van der Waals surface area (Å²) < 4.78 is 6.21. The quantitative estimate of drug-likeness (QED) is 0.693. The van der Waals surface area contributed by atoms with E-state index in [0.29, 0.717) is 0 Å². The standard InChI is InChI=1S/C12H22BNO2/c1-8-10(9(2)15-14-8)13-7-11(3,4)12(5,6)16-13/h8,14H,7H2,1-6H3. The zero-order chi connectivity index (χ0) is 12.1. The lowest BCUT2D eigenvalue weighted by Gasteiger charge is -2.34. The van der Waals surface area contributed by atoms with E-state index < -0.39 is 0 Å². The molecule has 0 bridgehead atoms. The van der Waals surface area contributed by atoms with Crippen molar-refractivity contribution in [2.75, 3.05) is 0 Å². The highest BCUT2D eigenvalue weighted by Crippen LogP contribution is 2.47. The highest BCUT2D eigenvalue weighted by molar-refractivity contribution is 6.62. The first kappa shape index (κ1) is 12.0. The smallest absolute Gasteiger partial charge is 0.329 e. The molecule has 1 fully saturated rings. The second kappa shape index (κ2) is 3.51. The summed E-state index contributed by atoms with van der Waals surface area (Å²) in [4.78, 5) is 5.38. The van der Waals surface area contributed by atoms with Gasteiger partial charge in [0.25, 0.3) is 0 Å². The number of allylic oxidation sites excluding steroid dienone is 1. The second-order valence-corrected chi connectivity index (χ2v) is 6.16. The molecule has 2 heterocycles. The van der Waals surface area contributed by atoms with Crippen LogP contribution >= 0.6 is 0 Å². The fraction of sp³-hybridized carbons (Fsp3) is 0.833. The zero-order valence-electron chi connectivity index (χ0n) is 11.2. The Morgan fingerprint density at radius 1 is 1.31 bits per heavy atom. The summed E-state index contributed by atoms with van der Waals surface area (Å²) in [5.74, 6) is 0.978. The van der Waals surface area contributed by atoms with Gasteiger partial charge in [-0.2, -0.15) is 5.48 Å². The first-order chi connectivity index (χ1) is 7.24. The average molecular weight is 223 g/mol.